The summed E-state index contributed by atoms with van der Waals surface area (Å²) in [5.41, 5.74) is 6.32. The Morgan fingerprint density at radius 2 is 1.00 bits per heavy atom. The van der Waals surface area contributed by atoms with E-state index >= 15 is 0 Å². The Morgan fingerprint density at radius 3 is 1.69 bits per heavy atom. The maximum Gasteiger partial charge on any atom is 0.222 e. The molecule has 0 amide bonds. The third-order valence-electron chi connectivity index (χ3n) is 9.98. The molecular weight excluding hydrogens is 641 g/mol. The van der Waals surface area contributed by atoms with Crippen LogP contribution in [0.3, 0.4) is 0 Å². The van der Waals surface area contributed by atoms with Crippen molar-refractivity contribution in [2.45, 2.75) is 0 Å². The maximum absolute atomic E-state index is 5.57. The number of hydrogen-bond acceptors (Lipinski definition) is 5. The molecule has 0 unspecified atom stereocenters. The molecule has 49 heavy (non-hydrogen) atoms. The average Bonchev–Trinajstić information content (AvgIpc) is 3.95. The number of para-hydroxylation sites is 3. The maximum atomic E-state index is 5.57. The number of pyridine rings is 2. The lowest BCUT2D eigenvalue weighted by Gasteiger charge is -2.08. The fourth-order valence-corrected chi connectivity index (χ4v) is 10.3. The van der Waals surface area contributed by atoms with Gasteiger partial charge in [0, 0.05) is 54.1 Å². The first-order chi connectivity index (χ1) is 24.3. The van der Waals surface area contributed by atoms with E-state index in [0.29, 0.717) is 0 Å². The second kappa shape index (κ2) is 9.29. The highest BCUT2D eigenvalue weighted by molar-refractivity contribution is 7.26. The third kappa shape index (κ3) is 3.27. The van der Waals surface area contributed by atoms with Crippen LogP contribution in [0.4, 0.5) is 0 Å². The van der Waals surface area contributed by atoms with E-state index in [-0.39, 0.29) is 0 Å². The van der Waals surface area contributed by atoms with Crippen LogP contribution < -0.4 is 0 Å². The zero-order valence-electron chi connectivity index (χ0n) is 25.7. The van der Waals surface area contributed by atoms with Crippen molar-refractivity contribution in [1.29, 1.82) is 0 Å². The number of nitrogens with zero attached hydrogens (tertiary/aromatic N) is 6. The van der Waals surface area contributed by atoms with Crippen molar-refractivity contribution in [1.82, 2.24) is 28.5 Å². The average molecular weight is 663 g/mol. The summed E-state index contributed by atoms with van der Waals surface area (Å²) in [7, 11) is 0. The summed E-state index contributed by atoms with van der Waals surface area (Å²) < 4.78 is 11.7. The van der Waals surface area contributed by atoms with Gasteiger partial charge < -0.3 is 0 Å². The van der Waals surface area contributed by atoms with Gasteiger partial charge in [-0.1, -0.05) is 66.7 Å². The van der Waals surface area contributed by atoms with Crippen molar-refractivity contribution >= 4 is 113 Å². The molecule has 0 aliphatic carbocycles. The van der Waals surface area contributed by atoms with Crippen molar-refractivity contribution < 1.29 is 0 Å². The van der Waals surface area contributed by atoms with Gasteiger partial charge in [0.25, 0.3) is 0 Å². The number of aromatic nitrogens is 6. The molecule has 228 valence electrons. The molecule has 6 nitrogen and oxygen atoms in total. The fourth-order valence-electron chi connectivity index (χ4n) is 7.94. The first-order valence-electron chi connectivity index (χ1n) is 16.2. The number of hydrogen-bond donors (Lipinski definition) is 0. The lowest BCUT2D eigenvalue weighted by atomic mass is 10.1. The molecule has 0 atom stereocenters. The molecule has 0 saturated heterocycles. The minimum atomic E-state index is 0.839. The molecule has 0 fully saturated rings. The molecule has 0 aliphatic heterocycles. The minimum Gasteiger partial charge on any atom is -0.290 e. The second-order valence-electron chi connectivity index (χ2n) is 12.5. The zero-order chi connectivity index (χ0) is 31.8. The van der Waals surface area contributed by atoms with Gasteiger partial charge in [0.05, 0.1) is 37.0 Å². The summed E-state index contributed by atoms with van der Waals surface area (Å²) in [4.78, 5) is 15.7. The topological polar surface area (TPSA) is 52.9 Å². The molecule has 0 radical (unpaired) electrons. The van der Waals surface area contributed by atoms with Gasteiger partial charge in [0.1, 0.15) is 5.52 Å². The van der Waals surface area contributed by atoms with Gasteiger partial charge in [-0.15, -0.1) is 22.7 Å². The van der Waals surface area contributed by atoms with Gasteiger partial charge in [0.15, 0.2) is 11.6 Å². The predicted molar refractivity (Wildman–Crippen MR) is 205 cm³/mol. The van der Waals surface area contributed by atoms with E-state index in [2.05, 4.69) is 135 Å². The van der Waals surface area contributed by atoms with Gasteiger partial charge in [-0.2, -0.15) is 0 Å². The number of rotatable bonds is 2. The molecule has 0 saturated carbocycles. The van der Waals surface area contributed by atoms with Crippen LogP contribution in [0.5, 0.6) is 0 Å². The van der Waals surface area contributed by atoms with Crippen LogP contribution in [0.2, 0.25) is 0 Å². The largest absolute Gasteiger partial charge is 0.290 e. The van der Waals surface area contributed by atoms with E-state index in [0.717, 1.165) is 60.6 Å². The molecule has 7 aromatic heterocycles. The third-order valence-corrected chi connectivity index (χ3v) is 12.3. The van der Waals surface area contributed by atoms with Crippen LogP contribution in [0.1, 0.15) is 0 Å². The van der Waals surface area contributed by atoms with E-state index in [1.165, 1.54) is 41.0 Å². The smallest absolute Gasteiger partial charge is 0.222 e. The van der Waals surface area contributed by atoms with Crippen molar-refractivity contribution in [3.8, 4) is 11.6 Å². The van der Waals surface area contributed by atoms with E-state index in [1.54, 1.807) is 22.7 Å². The molecular formula is C41H22N6S2. The summed E-state index contributed by atoms with van der Waals surface area (Å²) in [6.07, 6.45) is 3.87. The Morgan fingerprint density at radius 1 is 0.429 bits per heavy atom. The molecule has 7 heterocycles. The lowest BCUT2D eigenvalue weighted by Crippen LogP contribution is -1.99. The Balaban J connectivity index is 1.26. The van der Waals surface area contributed by atoms with E-state index < -0.39 is 0 Å². The standard InChI is InChI=1S/C41H22N6S2/c1-4-12-29-23(9-1)26-17-18-32-35(36(26)46(29)39-37-27(19-21-42-39)24-10-2-7-15-33(24)48-37)44-41-45(32)30-13-5-6-14-31(30)47(41)40-38-28(20-22-43-40)25-11-3-8-16-34(25)49-38/h1-22H. The van der Waals surface area contributed by atoms with Gasteiger partial charge in [-0.3, -0.25) is 13.5 Å². The highest BCUT2D eigenvalue weighted by Gasteiger charge is 2.25. The minimum absolute atomic E-state index is 0.839. The SMILES string of the molecule is c1ccc2c(c1)sc1c(-n3c4ccccc4c4ccc5c(nc6n(-c7nccc8c7sc7ccccc78)c7ccccc7n56)c43)nccc12. The van der Waals surface area contributed by atoms with Crippen LogP contribution in [-0.2, 0) is 0 Å². The van der Waals surface area contributed by atoms with Gasteiger partial charge in [-0.05, 0) is 54.6 Å². The van der Waals surface area contributed by atoms with Crippen LogP contribution in [0, 0.1) is 0 Å². The van der Waals surface area contributed by atoms with Gasteiger partial charge in [0.2, 0.25) is 5.78 Å². The van der Waals surface area contributed by atoms with Crippen LogP contribution >= 0.6 is 22.7 Å². The highest BCUT2D eigenvalue weighted by atomic mass is 32.1. The Hall–Kier alpha value is -6.09. The molecule has 12 aromatic rings. The van der Waals surface area contributed by atoms with Crippen molar-refractivity contribution in [3.05, 3.63) is 134 Å². The van der Waals surface area contributed by atoms with E-state index in [1.807, 2.05) is 12.4 Å². The van der Waals surface area contributed by atoms with Crippen molar-refractivity contribution in [2.24, 2.45) is 0 Å². The number of imidazole rings is 2. The first kappa shape index (κ1) is 25.9. The second-order valence-corrected chi connectivity index (χ2v) is 14.6. The Bertz CT molecular complexity index is 3350. The van der Waals surface area contributed by atoms with Crippen LogP contribution in [-0.4, -0.2) is 28.5 Å². The summed E-state index contributed by atoms with van der Waals surface area (Å²) >= 11 is 3.59. The van der Waals surface area contributed by atoms with E-state index in [9.17, 15) is 0 Å². The summed E-state index contributed by atoms with van der Waals surface area (Å²) in [6.45, 7) is 0. The van der Waals surface area contributed by atoms with E-state index in [4.69, 9.17) is 15.0 Å². The molecule has 0 aliphatic rings. The van der Waals surface area contributed by atoms with Crippen LogP contribution in [0.15, 0.2) is 134 Å². The van der Waals surface area contributed by atoms with Gasteiger partial charge in [-0.25, -0.2) is 15.0 Å². The summed E-state index contributed by atoms with van der Waals surface area (Å²) in [5, 5.41) is 7.28. The fraction of sp³-hybridized carbons (Fsp3) is 0. The number of thiophene rings is 2. The predicted octanol–water partition coefficient (Wildman–Crippen LogP) is 11.1. The van der Waals surface area contributed by atoms with Crippen molar-refractivity contribution in [3.63, 3.8) is 0 Å². The van der Waals surface area contributed by atoms with Gasteiger partial charge >= 0.3 is 0 Å². The van der Waals surface area contributed by atoms with Crippen LogP contribution in [0.25, 0.3) is 102 Å². The normalized spacial score (nSPS) is 12.5. The molecule has 0 bridgehead atoms. The summed E-state index contributed by atoms with van der Waals surface area (Å²) in [6, 6.07) is 43.2. The molecule has 0 spiro atoms. The first-order valence-corrected chi connectivity index (χ1v) is 17.8. The molecule has 8 heteroatoms. The number of benzene rings is 5. The Labute approximate surface area is 285 Å². The zero-order valence-corrected chi connectivity index (χ0v) is 27.3. The number of fused-ring (bicyclic) bond motifs is 15. The quantitative estimate of drug-likeness (QED) is 0.185. The molecule has 5 aromatic carbocycles. The van der Waals surface area contributed by atoms with Crippen molar-refractivity contribution in [2.75, 3.05) is 0 Å². The Kier molecular flexibility index (Phi) is 4.91. The molecule has 12 rings (SSSR count). The lowest BCUT2D eigenvalue weighted by molar-refractivity contribution is 1.06. The highest BCUT2D eigenvalue weighted by Crippen LogP contribution is 2.43. The monoisotopic (exact) mass is 662 g/mol. The summed E-state index contributed by atoms with van der Waals surface area (Å²) in [5.74, 6) is 2.67. The molecule has 0 N–H and O–H groups in total.